The summed E-state index contributed by atoms with van der Waals surface area (Å²) in [6, 6.07) is 58.9. The largest absolute Gasteiger partial charge is 0.311 e. The molecule has 0 radical (unpaired) electrons. The third-order valence-electron chi connectivity index (χ3n) is 16.3. The zero-order chi connectivity index (χ0) is 39.6. The predicted molar refractivity (Wildman–Crippen MR) is 251 cm³/mol. The van der Waals surface area contributed by atoms with Crippen LogP contribution in [0, 0.1) is 23.7 Å². The Hall–Kier alpha value is -6.00. The van der Waals surface area contributed by atoms with Gasteiger partial charge in [-0.2, -0.15) is 0 Å². The van der Waals surface area contributed by atoms with E-state index in [1.54, 1.807) is 11.1 Å². The Kier molecular flexibility index (Phi) is 6.55. The van der Waals surface area contributed by atoms with E-state index in [1.165, 1.54) is 116 Å². The van der Waals surface area contributed by atoms with Crippen LogP contribution in [-0.4, -0.2) is 11.3 Å². The van der Waals surface area contributed by atoms with Gasteiger partial charge >= 0.3 is 0 Å². The van der Waals surface area contributed by atoms with Gasteiger partial charge in [0.05, 0.1) is 16.7 Å². The summed E-state index contributed by atoms with van der Waals surface area (Å²) in [6.07, 6.45) is 6.97. The third kappa shape index (κ3) is 4.18. The van der Waals surface area contributed by atoms with Gasteiger partial charge < -0.3 is 14.4 Å². The van der Waals surface area contributed by atoms with Crippen molar-refractivity contribution in [3.05, 3.63) is 168 Å². The second-order valence-electron chi connectivity index (χ2n) is 20.2. The van der Waals surface area contributed by atoms with Gasteiger partial charge in [-0.1, -0.05) is 112 Å². The molecule has 0 saturated heterocycles. The van der Waals surface area contributed by atoms with E-state index in [1.807, 2.05) is 0 Å². The lowest BCUT2D eigenvalue weighted by Crippen LogP contribution is -2.64. The molecule has 0 atom stereocenters. The zero-order valence-corrected chi connectivity index (χ0v) is 34.7. The molecule has 8 aromatic rings. The fourth-order valence-corrected chi connectivity index (χ4v) is 14.3. The van der Waals surface area contributed by atoms with Crippen LogP contribution in [0.1, 0.15) is 69.6 Å². The van der Waals surface area contributed by atoms with E-state index in [4.69, 9.17) is 0 Å². The van der Waals surface area contributed by atoms with Crippen LogP contribution in [0.4, 0.5) is 34.1 Å². The molecule has 7 aliphatic rings. The van der Waals surface area contributed by atoms with Crippen LogP contribution in [0.25, 0.3) is 27.5 Å². The molecule has 0 N–H and O–H groups in total. The summed E-state index contributed by atoms with van der Waals surface area (Å²) in [4.78, 5) is 5.30. The second-order valence-corrected chi connectivity index (χ2v) is 20.2. The lowest BCUT2D eigenvalue weighted by atomic mass is 9.32. The first-order valence-electron chi connectivity index (χ1n) is 22.6. The highest BCUT2D eigenvalue weighted by Crippen LogP contribution is 2.69. The number of nitrogens with zero attached hydrogens (tertiary/aromatic N) is 3. The van der Waals surface area contributed by atoms with Crippen molar-refractivity contribution in [3.63, 3.8) is 0 Å². The molecule has 4 aliphatic carbocycles. The minimum Gasteiger partial charge on any atom is -0.311 e. The normalized spacial score (nSPS) is 23.9. The Morgan fingerprint density at radius 2 is 1.12 bits per heavy atom. The molecule has 3 nitrogen and oxygen atoms in total. The molecule has 4 fully saturated rings. The molecule has 15 rings (SSSR count). The maximum Gasteiger partial charge on any atom is 0.252 e. The lowest BCUT2D eigenvalue weighted by molar-refractivity contribution is -0.0419. The molecular weight excluding hydrogens is 725 g/mol. The van der Waals surface area contributed by atoms with E-state index < -0.39 is 0 Å². The van der Waals surface area contributed by atoms with Crippen molar-refractivity contribution < 1.29 is 0 Å². The van der Waals surface area contributed by atoms with Crippen molar-refractivity contribution in [2.45, 2.75) is 63.7 Å². The summed E-state index contributed by atoms with van der Waals surface area (Å²) in [7, 11) is 0. The van der Waals surface area contributed by atoms with Gasteiger partial charge in [-0.3, -0.25) is 0 Å². The maximum absolute atomic E-state index is 2.72. The van der Waals surface area contributed by atoms with Crippen molar-refractivity contribution in [2.24, 2.45) is 23.7 Å². The Labute approximate surface area is 353 Å². The van der Waals surface area contributed by atoms with Crippen LogP contribution >= 0.6 is 0 Å². The second kappa shape index (κ2) is 11.6. The smallest absolute Gasteiger partial charge is 0.252 e. The average Bonchev–Trinajstić information content (AvgIpc) is 3.60. The number of benzene rings is 7. The first-order chi connectivity index (χ1) is 29.4. The quantitative estimate of drug-likeness (QED) is 0.162. The standard InChI is InChI=1S/C56H48BN3/c1-55(2,3)36-13-10-14-39(32-36)59-50-26-25-40(58-47-20-7-4-15-41(47)42-16-5-8-21-48(42)58)33-46(50)57-45-19-11-18-44-54(45)60(52-24-12-23-51(59)53(52)57)49-22-9-6-17-43(49)56(44)37-28-34-27-35(30-37)31-38(56)29-34/h4-26,32-35,37-38H,27-31H2,1-3H3. The Morgan fingerprint density at radius 1 is 0.500 bits per heavy atom. The summed E-state index contributed by atoms with van der Waals surface area (Å²) in [5.41, 5.74) is 20.5. The lowest BCUT2D eigenvalue weighted by Gasteiger charge is -2.64. The average molecular weight is 774 g/mol. The Balaban J connectivity index is 1.08. The molecule has 290 valence electrons. The van der Waals surface area contributed by atoms with Gasteiger partial charge in [-0.25, -0.2) is 0 Å². The highest BCUT2D eigenvalue weighted by atomic mass is 15.2. The third-order valence-corrected chi connectivity index (χ3v) is 16.3. The zero-order valence-electron chi connectivity index (χ0n) is 34.7. The molecule has 7 aromatic carbocycles. The van der Waals surface area contributed by atoms with Crippen molar-refractivity contribution in [1.29, 1.82) is 0 Å². The molecule has 0 amide bonds. The van der Waals surface area contributed by atoms with Gasteiger partial charge in [0, 0.05) is 50.3 Å². The van der Waals surface area contributed by atoms with Gasteiger partial charge in [0.2, 0.25) is 0 Å². The summed E-state index contributed by atoms with van der Waals surface area (Å²) in [5, 5.41) is 2.59. The predicted octanol–water partition coefficient (Wildman–Crippen LogP) is 12.2. The van der Waals surface area contributed by atoms with E-state index in [9.17, 15) is 0 Å². The van der Waals surface area contributed by atoms with Crippen molar-refractivity contribution in [2.75, 3.05) is 9.80 Å². The van der Waals surface area contributed by atoms with Crippen LogP contribution in [-0.2, 0) is 10.8 Å². The Bertz CT molecular complexity index is 3060. The number of hydrogen-bond donors (Lipinski definition) is 0. The van der Waals surface area contributed by atoms with Gasteiger partial charge in [-0.15, -0.1) is 0 Å². The molecule has 4 heterocycles. The summed E-state index contributed by atoms with van der Waals surface area (Å²) in [6.45, 7) is 7.06. The monoisotopic (exact) mass is 773 g/mol. The highest BCUT2D eigenvalue weighted by molar-refractivity contribution is 7.00. The van der Waals surface area contributed by atoms with Crippen molar-refractivity contribution in [3.8, 4) is 5.69 Å². The van der Waals surface area contributed by atoms with E-state index in [-0.39, 0.29) is 17.5 Å². The molecule has 4 bridgehead atoms. The number of para-hydroxylation sites is 4. The van der Waals surface area contributed by atoms with E-state index >= 15 is 0 Å². The van der Waals surface area contributed by atoms with Gasteiger partial charge in [-0.05, 0) is 155 Å². The number of hydrogen-bond acceptors (Lipinski definition) is 2. The topological polar surface area (TPSA) is 11.4 Å². The maximum atomic E-state index is 2.72. The number of aromatic nitrogens is 1. The van der Waals surface area contributed by atoms with Crippen LogP contribution < -0.4 is 26.2 Å². The summed E-state index contributed by atoms with van der Waals surface area (Å²) >= 11 is 0. The molecule has 1 spiro atoms. The molecule has 1 aromatic heterocycles. The first-order valence-corrected chi connectivity index (χ1v) is 22.6. The van der Waals surface area contributed by atoms with Gasteiger partial charge in [0.15, 0.2) is 0 Å². The Morgan fingerprint density at radius 3 is 1.85 bits per heavy atom. The van der Waals surface area contributed by atoms with Crippen LogP contribution in [0.5, 0.6) is 0 Å². The minimum atomic E-state index is 0.0222. The van der Waals surface area contributed by atoms with Crippen molar-refractivity contribution in [1.82, 2.24) is 4.57 Å². The molecule has 0 unspecified atom stereocenters. The first kappa shape index (κ1) is 33.8. The van der Waals surface area contributed by atoms with E-state index in [0.29, 0.717) is 11.8 Å². The fourth-order valence-electron chi connectivity index (χ4n) is 14.3. The number of anilines is 6. The van der Waals surface area contributed by atoms with Crippen LogP contribution in [0.3, 0.4) is 0 Å². The van der Waals surface area contributed by atoms with Crippen molar-refractivity contribution >= 4 is 79.0 Å². The summed E-state index contributed by atoms with van der Waals surface area (Å²) in [5.74, 6) is 3.20. The van der Waals surface area contributed by atoms with Gasteiger partial charge in [0.25, 0.3) is 6.71 Å². The van der Waals surface area contributed by atoms with Crippen LogP contribution in [0.15, 0.2) is 152 Å². The molecule has 60 heavy (non-hydrogen) atoms. The number of fused-ring (bicyclic) bond motifs is 9. The van der Waals surface area contributed by atoms with Crippen LogP contribution in [0.2, 0.25) is 0 Å². The molecule has 4 heteroatoms. The van der Waals surface area contributed by atoms with E-state index in [0.717, 1.165) is 11.8 Å². The SMILES string of the molecule is CC(C)(C)c1cccc(N2c3ccc(-n4c5ccccc5c5ccccc54)cc3B3c4cccc5c4N(c4ccccc4C54C5CC6CC(C5)CC4C6)c4cccc2c43)c1. The summed E-state index contributed by atoms with van der Waals surface area (Å²) < 4.78 is 2.51. The molecule has 3 aliphatic heterocycles. The minimum absolute atomic E-state index is 0.0222. The van der Waals surface area contributed by atoms with E-state index in [2.05, 4.69) is 187 Å². The molecular formula is C56H48BN3. The highest BCUT2D eigenvalue weighted by Gasteiger charge is 2.62. The number of rotatable bonds is 2. The van der Waals surface area contributed by atoms with Gasteiger partial charge in [0.1, 0.15) is 0 Å². The fraction of sp³-hybridized carbons (Fsp3) is 0.250. The molecule has 4 saturated carbocycles.